The van der Waals surface area contributed by atoms with Crippen molar-refractivity contribution in [3.05, 3.63) is 105 Å². The number of hydrogen-bond acceptors (Lipinski definition) is 6. The molecule has 0 spiro atoms. The molecule has 0 saturated carbocycles. The first-order valence-electron chi connectivity index (χ1n) is 14.1. The molecule has 0 radical (unpaired) electrons. The van der Waals surface area contributed by atoms with Crippen LogP contribution in [0, 0.1) is 0 Å². The van der Waals surface area contributed by atoms with Crippen molar-refractivity contribution in [3.63, 3.8) is 0 Å². The van der Waals surface area contributed by atoms with Gasteiger partial charge in [-0.05, 0) is 97.2 Å². The number of aromatic carboxylic acids is 3. The van der Waals surface area contributed by atoms with Crippen LogP contribution in [0.25, 0.3) is 0 Å². The molecule has 0 amide bonds. The Morgan fingerprint density at radius 2 is 0.833 bits per heavy atom. The highest BCUT2D eigenvalue weighted by Gasteiger charge is 2.19. The van der Waals surface area contributed by atoms with Crippen LogP contribution in [-0.2, 0) is 39.3 Å². The van der Waals surface area contributed by atoms with Crippen molar-refractivity contribution in [2.45, 2.75) is 65.6 Å². The van der Waals surface area contributed by atoms with E-state index in [1.165, 1.54) is 0 Å². The molecule has 9 nitrogen and oxygen atoms in total. The fourth-order valence-electron chi connectivity index (χ4n) is 5.66. The van der Waals surface area contributed by atoms with Crippen molar-refractivity contribution in [2.75, 3.05) is 14.1 Å². The van der Waals surface area contributed by atoms with Crippen LogP contribution in [0.4, 0.5) is 0 Å². The van der Waals surface area contributed by atoms with E-state index < -0.39 is 17.9 Å². The molecule has 3 aromatic carbocycles. The fraction of sp³-hybridized carbons (Fsp3) is 0.364. The van der Waals surface area contributed by atoms with Crippen LogP contribution in [0.1, 0.15) is 84.7 Å². The summed E-state index contributed by atoms with van der Waals surface area (Å²) in [6, 6.07) is 16.3. The summed E-state index contributed by atoms with van der Waals surface area (Å²) >= 11 is 0. The van der Waals surface area contributed by atoms with E-state index in [1.54, 1.807) is 36.4 Å². The third kappa shape index (κ3) is 8.03. The normalized spacial score (nSPS) is 16.3. The van der Waals surface area contributed by atoms with Gasteiger partial charge in [-0.15, -0.1) is 0 Å². The van der Waals surface area contributed by atoms with Crippen LogP contribution in [0.2, 0.25) is 0 Å². The Labute approximate surface area is 246 Å². The molecule has 1 aliphatic rings. The smallest absolute Gasteiger partial charge is 0.335 e. The van der Waals surface area contributed by atoms with E-state index in [2.05, 4.69) is 18.7 Å². The zero-order chi connectivity index (χ0) is 30.6. The Bertz CT molecular complexity index is 1390. The van der Waals surface area contributed by atoms with Crippen LogP contribution in [-0.4, -0.2) is 68.1 Å². The first-order chi connectivity index (χ1) is 19.9. The second-order valence-electron chi connectivity index (χ2n) is 11.5. The second kappa shape index (κ2) is 13.3. The minimum absolute atomic E-state index is 0.170. The van der Waals surface area contributed by atoms with Gasteiger partial charge in [0.1, 0.15) is 0 Å². The van der Waals surface area contributed by atoms with Crippen LogP contribution in [0.15, 0.2) is 54.6 Å². The van der Waals surface area contributed by atoms with Crippen molar-refractivity contribution in [1.82, 2.24) is 14.7 Å². The van der Waals surface area contributed by atoms with E-state index in [0.717, 1.165) is 39.8 Å². The van der Waals surface area contributed by atoms with Gasteiger partial charge in [-0.25, -0.2) is 14.4 Å². The van der Waals surface area contributed by atoms with Crippen molar-refractivity contribution in [2.24, 2.45) is 0 Å². The van der Waals surface area contributed by atoms with Crippen molar-refractivity contribution < 1.29 is 29.7 Å². The van der Waals surface area contributed by atoms with E-state index in [1.807, 2.05) is 42.1 Å². The third-order valence-electron chi connectivity index (χ3n) is 7.69. The minimum Gasteiger partial charge on any atom is -0.478 e. The van der Waals surface area contributed by atoms with Gasteiger partial charge >= 0.3 is 17.9 Å². The summed E-state index contributed by atoms with van der Waals surface area (Å²) in [5.41, 5.74) is 5.74. The van der Waals surface area contributed by atoms with Gasteiger partial charge in [-0.3, -0.25) is 14.7 Å². The zero-order valence-corrected chi connectivity index (χ0v) is 24.6. The predicted octanol–water partition coefficient (Wildman–Crippen LogP) is 5.16. The van der Waals surface area contributed by atoms with Gasteiger partial charge < -0.3 is 15.3 Å². The minimum atomic E-state index is -1.01. The average molecular weight is 574 g/mol. The zero-order valence-electron chi connectivity index (χ0n) is 24.6. The van der Waals surface area contributed by atoms with Crippen molar-refractivity contribution in [3.8, 4) is 0 Å². The van der Waals surface area contributed by atoms with E-state index in [9.17, 15) is 29.7 Å². The molecule has 9 heteroatoms. The molecular weight excluding hydrogens is 534 g/mol. The quantitative estimate of drug-likeness (QED) is 0.380. The van der Waals surface area contributed by atoms with E-state index in [-0.39, 0.29) is 22.7 Å². The Hall–Kier alpha value is -4.05. The summed E-state index contributed by atoms with van der Waals surface area (Å²) in [4.78, 5) is 42.4. The van der Waals surface area contributed by atoms with Crippen molar-refractivity contribution >= 4 is 17.9 Å². The number of rotatable bonds is 5. The molecule has 1 unspecified atom stereocenters. The summed E-state index contributed by atoms with van der Waals surface area (Å²) in [5.74, 6) is -3.01. The van der Waals surface area contributed by atoms with Crippen LogP contribution in [0.3, 0.4) is 0 Å². The molecule has 1 atom stereocenters. The van der Waals surface area contributed by atoms with E-state index in [0.29, 0.717) is 39.3 Å². The lowest BCUT2D eigenvalue weighted by Crippen LogP contribution is -2.32. The molecule has 0 aromatic heterocycles. The average Bonchev–Trinajstić information content (AvgIpc) is 2.91. The second-order valence-corrected chi connectivity index (χ2v) is 11.5. The van der Waals surface area contributed by atoms with Gasteiger partial charge in [-0.2, -0.15) is 0 Å². The molecule has 222 valence electrons. The molecular formula is C33H39N3O6. The topological polar surface area (TPSA) is 122 Å². The number of nitrogens with zero attached hydrogens (tertiary/aromatic N) is 3. The summed E-state index contributed by atoms with van der Waals surface area (Å²) < 4.78 is 0. The molecule has 1 heterocycles. The Balaban J connectivity index is 1.84. The van der Waals surface area contributed by atoms with Gasteiger partial charge in [-0.1, -0.05) is 25.1 Å². The number of benzene rings is 3. The fourth-order valence-corrected chi connectivity index (χ4v) is 5.66. The molecule has 0 fully saturated rings. The summed E-state index contributed by atoms with van der Waals surface area (Å²) in [5, 5.41) is 29.5. The highest BCUT2D eigenvalue weighted by molar-refractivity contribution is 5.89. The summed E-state index contributed by atoms with van der Waals surface area (Å²) in [7, 11) is 3.87. The molecule has 6 bridgehead atoms. The van der Waals surface area contributed by atoms with Gasteiger partial charge in [0.25, 0.3) is 0 Å². The van der Waals surface area contributed by atoms with Crippen molar-refractivity contribution in [1.29, 1.82) is 0 Å². The SMILES string of the molecule is CCC(C)N1Cc2cc(cc(C(=O)O)c2)CN(C)Cc2cc(cc(C(=O)O)c2)CN(C)Cc2cc(cc(C(=O)O)c2)C1. The van der Waals surface area contributed by atoms with Gasteiger partial charge in [0.05, 0.1) is 16.7 Å². The third-order valence-corrected chi connectivity index (χ3v) is 7.69. The number of fused-ring (bicyclic) bond motifs is 6. The Morgan fingerprint density at radius 3 is 1.07 bits per heavy atom. The maximum absolute atomic E-state index is 12.1. The lowest BCUT2D eigenvalue weighted by Gasteiger charge is -2.29. The van der Waals surface area contributed by atoms with Gasteiger partial charge in [0.15, 0.2) is 0 Å². The van der Waals surface area contributed by atoms with Crippen LogP contribution < -0.4 is 0 Å². The van der Waals surface area contributed by atoms with Gasteiger partial charge in [0, 0.05) is 45.3 Å². The largest absolute Gasteiger partial charge is 0.478 e. The maximum atomic E-state index is 12.1. The summed E-state index contributed by atoms with van der Waals surface area (Å²) in [6.07, 6.45) is 0.874. The lowest BCUT2D eigenvalue weighted by molar-refractivity contribution is 0.0685. The lowest BCUT2D eigenvalue weighted by atomic mass is 10.0. The highest BCUT2D eigenvalue weighted by atomic mass is 16.4. The number of carboxylic acids is 3. The van der Waals surface area contributed by atoms with Crippen LogP contribution in [0.5, 0.6) is 0 Å². The number of carboxylic acid groups (broad SMARTS) is 3. The molecule has 0 aliphatic carbocycles. The maximum Gasteiger partial charge on any atom is 0.335 e. The number of hydrogen-bond donors (Lipinski definition) is 3. The Morgan fingerprint density at radius 1 is 0.571 bits per heavy atom. The molecule has 1 aliphatic heterocycles. The summed E-state index contributed by atoms with van der Waals surface area (Å²) in [6.45, 7) is 7.15. The standard InChI is InChI=1S/C33H39N3O6/c1-5-21(2)36-19-26-7-24(11-29(13-26)32(39)40)17-34(3)15-22-6-23(10-28(9-22)31(37)38)16-35(4)18-25-8-27(20-36)14-30(12-25)33(41)42/h6-14,21H,5,15-20H2,1-4H3,(H,37,38)(H,39,40)(H,41,42). The monoisotopic (exact) mass is 573 g/mol. The van der Waals surface area contributed by atoms with Gasteiger partial charge in [0.2, 0.25) is 0 Å². The predicted molar refractivity (Wildman–Crippen MR) is 160 cm³/mol. The van der Waals surface area contributed by atoms with E-state index in [4.69, 9.17) is 0 Å². The first-order valence-corrected chi connectivity index (χ1v) is 14.1. The molecule has 42 heavy (non-hydrogen) atoms. The van der Waals surface area contributed by atoms with Crippen LogP contribution >= 0.6 is 0 Å². The van der Waals surface area contributed by atoms with E-state index >= 15 is 0 Å². The molecule has 0 saturated heterocycles. The molecule has 3 aromatic rings. The highest BCUT2D eigenvalue weighted by Crippen LogP contribution is 2.23. The molecule has 3 N–H and O–H groups in total. The number of carbonyl (C=O) groups is 3. The first kappa shape index (κ1) is 30.9. The molecule has 4 rings (SSSR count). The Kier molecular flexibility index (Phi) is 9.78.